The highest BCUT2D eigenvalue weighted by atomic mass is 79.9. The van der Waals surface area contributed by atoms with Crippen LogP contribution in [0.15, 0.2) is 64.3 Å². The van der Waals surface area contributed by atoms with E-state index in [0.29, 0.717) is 22.5 Å². The van der Waals surface area contributed by atoms with E-state index in [-0.39, 0.29) is 11.5 Å². The zero-order valence-corrected chi connectivity index (χ0v) is 24.9. The largest absolute Gasteiger partial charge is 0.361 e. The van der Waals surface area contributed by atoms with E-state index >= 15 is 0 Å². The third-order valence-electron chi connectivity index (χ3n) is 7.57. The Morgan fingerprint density at radius 1 is 1.14 bits per heavy atom. The van der Waals surface area contributed by atoms with Crippen molar-refractivity contribution in [3.63, 3.8) is 0 Å². The van der Waals surface area contributed by atoms with Crippen molar-refractivity contribution in [1.29, 1.82) is 0 Å². The maximum atomic E-state index is 13.2. The normalized spacial score (nSPS) is 19.2. The number of likely N-dealkylation sites (tertiary alicyclic amines) is 1. The maximum Gasteiger partial charge on any atom is 0.205 e. The van der Waals surface area contributed by atoms with E-state index < -0.39 is 8.07 Å². The van der Waals surface area contributed by atoms with Gasteiger partial charge in [0.2, 0.25) is 5.43 Å². The topological polar surface area (TPSA) is 52.3 Å². The number of hydrogen-bond donors (Lipinski definition) is 0. The van der Waals surface area contributed by atoms with Crippen LogP contribution in [0.1, 0.15) is 24.9 Å². The number of nitrogens with zero attached hydrogens (tertiary/aromatic N) is 4. The fraction of sp³-hybridized carbons (Fsp3) is 0.448. The number of ether oxygens (including phenoxy) is 1. The highest BCUT2D eigenvalue weighted by Crippen LogP contribution is 2.34. The molecule has 0 saturated carbocycles. The maximum absolute atomic E-state index is 13.2. The lowest BCUT2D eigenvalue weighted by molar-refractivity contribution is 0.0899. The molecule has 1 aromatic carbocycles. The average Bonchev–Trinajstić information content (AvgIpc) is 3.28. The Bertz CT molecular complexity index is 1440. The molecule has 0 amide bonds. The van der Waals surface area contributed by atoms with Crippen LogP contribution >= 0.6 is 15.9 Å². The SMILES string of the molecule is C[C@@H]1CCN(Cc2ccccc2)C[C@@H]1n1cc(Br)c(=O)c2cnc3c(ccn3COCC[Si](C)(C)C)c21. The Morgan fingerprint density at radius 2 is 1.92 bits per heavy atom. The summed E-state index contributed by atoms with van der Waals surface area (Å²) < 4.78 is 11.0. The minimum absolute atomic E-state index is 0.00982. The van der Waals surface area contributed by atoms with Gasteiger partial charge in [0.05, 0.1) is 15.4 Å². The number of rotatable bonds is 8. The average molecular weight is 582 g/mol. The summed E-state index contributed by atoms with van der Waals surface area (Å²) >= 11 is 3.55. The molecule has 1 fully saturated rings. The molecule has 5 rings (SSSR count). The standard InChI is InChI=1S/C29H37BrN4O2Si/c1-21-10-12-32(17-22-8-6-5-7-9-22)19-26(21)34-18-25(30)28(35)24-16-31-29-23(27(24)34)11-13-33(29)20-36-14-15-37(2,3)4/h5-9,11,13,16,18,21,26H,10,12,14-15,17,19-20H2,1-4H3/t21-,26+/m1/s1. The summed E-state index contributed by atoms with van der Waals surface area (Å²) in [5, 5.41) is 1.66. The minimum atomic E-state index is -1.14. The van der Waals surface area contributed by atoms with E-state index in [1.807, 2.05) is 12.4 Å². The monoisotopic (exact) mass is 580 g/mol. The minimum Gasteiger partial charge on any atom is -0.361 e. The molecule has 1 aliphatic rings. The first-order valence-corrected chi connectivity index (χ1v) is 17.7. The summed E-state index contributed by atoms with van der Waals surface area (Å²) in [5.41, 5.74) is 3.15. The van der Waals surface area contributed by atoms with Gasteiger partial charge in [-0.3, -0.25) is 9.69 Å². The number of benzene rings is 1. The number of aromatic nitrogens is 3. The molecule has 0 unspecified atom stereocenters. The second-order valence-electron chi connectivity index (χ2n) is 11.7. The zero-order valence-electron chi connectivity index (χ0n) is 22.3. The van der Waals surface area contributed by atoms with Crippen LogP contribution in [0.5, 0.6) is 0 Å². The molecule has 0 bridgehead atoms. The number of hydrogen-bond acceptors (Lipinski definition) is 4. The van der Waals surface area contributed by atoms with Crippen molar-refractivity contribution in [2.24, 2.45) is 5.92 Å². The van der Waals surface area contributed by atoms with Gasteiger partial charge < -0.3 is 13.9 Å². The van der Waals surface area contributed by atoms with Gasteiger partial charge in [-0.05, 0) is 52.5 Å². The summed E-state index contributed by atoms with van der Waals surface area (Å²) in [6.07, 6.45) is 6.89. The Morgan fingerprint density at radius 3 is 2.68 bits per heavy atom. The van der Waals surface area contributed by atoms with Crippen LogP contribution < -0.4 is 5.43 Å². The van der Waals surface area contributed by atoms with Crippen molar-refractivity contribution in [3.05, 3.63) is 75.2 Å². The van der Waals surface area contributed by atoms with Gasteiger partial charge in [-0.25, -0.2) is 4.98 Å². The Kier molecular flexibility index (Phi) is 7.72. The first kappa shape index (κ1) is 26.3. The number of halogens is 1. The molecule has 1 aliphatic heterocycles. The molecule has 3 aromatic heterocycles. The predicted octanol–water partition coefficient (Wildman–Crippen LogP) is 6.51. The number of piperidine rings is 1. The molecular weight excluding hydrogens is 544 g/mol. The Hall–Kier alpha value is -2.26. The van der Waals surface area contributed by atoms with Gasteiger partial charge in [-0.1, -0.05) is 56.9 Å². The molecule has 8 heteroatoms. The van der Waals surface area contributed by atoms with E-state index in [0.717, 1.165) is 55.3 Å². The van der Waals surface area contributed by atoms with Gasteiger partial charge in [0.1, 0.15) is 12.4 Å². The van der Waals surface area contributed by atoms with E-state index in [4.69, 9.17) is 9.72 Å². The quantitative estimate of drug-likeness (QED) is 0.176. The van der Waals surface area contributed by atoms with Crippen molar-refractivity contribution in [3.8, 4) is 0 Å². The second kappa shape index (κ2) is 10.8. The van der Waals surface area contributed by atoms with Crippen LogP contribution in [0.4, 0.5) is 0 Å². The highest BCUT2D eigenvalue weighted by Gasteiger charge is 2.29. The van der Waals surface area contributed by atoms with Gasteiger partial charge in [-0.15, -0.1) is 0 Å². The molecule has 0 aliphatic carbocycles. The van der Waals surface area contributed by atoms with E-state index in [2.05, 4.69) is 92.9 Å². The summed E-state index contributed by atoms with van der Waals surface area (Å²) in [7, 11) is -1.14. The van der Waals surface area contributed by atoms with Gasteiger partial charge >= 0.3 is 0 Å². The molecule has 2 atom stereocenters. The summed E-state index contributed by atoms with van der Waals surface area (Å²) in [5.74, 6) is 0.486. The zero-order chi connectivity index (χ0) is 26.2. The van der Waals surface area contributed by atoms with Crippen LogP contribution in [0, 0.1) is 5.92 Å². The molecular formula is C29H37BrN4O2Si. The van der Waals surface area contributed by atoms with Gasteiger partial charge in [0.25, 0.3) is 0 Å². The third-order valence-corrected chi connectivity index (χ3v) is 9.84. The highest BCUT2D eigenvalue weighted by molar-refractivity contribution is 9.10. The summed E-state index contributed by atoms with van der Waals surface area (Å²) in [6.45, 7) is 13.6. The van der Waals surface area contributed by atoms with Crippen molar-refractivity contribution in [2.45, 2.75) is 58.3 Å². The summed E-state index contributed by atoms with van der Waals surface area (Å²) in [4.78, 5) is 20.4. The van der Waals surface area contributed by atoms with Crippen LogP contribution in [0.2, 0.25) is 25.7 Å². The first-order valence-electron chi connectivity index (χ1n) is 13.2. The molecule has 1 saturated heterocycles. The fourth-order valence-corrected chi connectivity index (χ4v) is 6.50. The van der Waals surface area contributed by atoms with Crippen LogP contribution in [-0.2, 0) is 18.0 Å². The Balaban J connectivity index is 1.50. The van der Waals surface area contributed by atoms with Gasteiger partial charge in [-0.2, -0.15) is 0 Å². The Labute approximate surface area is 228 Å². The van der Waals surface area contributed by atoms with Gasteiger partial charge in [0.15, 0.2) is 0 Å². The molecule has 6 nitrogen and oxygen atoms in total. The van der Waals surface area contributed by atoms with Crippen molar-refractivity contribution >= 4 is 45.9 Å². The predicted molar refractivity (Wildman–Crippen MR) is 158 cm³/mol. The molecule has 4 heterocycles. The third kappa shape index (κ3) is 5.77. The van der Waals surface area contributed by atoms with E-state index in [1.165, 1.54) is 5.56 Å². The molecule has 0 spiro atoms. The molecule has 4 aromatic rings. The fourth-order valence-electron chi connectivity index (χ4n) is 5.31. The second-order valence-corrected chi connectivity index (χ2v) is 18.1. The molecule has 0 radical (unpaired) electrons. The lowest BCUT2D eigenvalue weighted by Crippen LogP contribution is -2.40. The van der Waals surface area contributed by atoms with Crippen molar-refractivity contribution in [2.75, 3.05) is 19.7 Å². The number of pyridine rings is 2. The first-order chi connectivity index (χ1) is 17.7. The van der Waals surface area contributed by atoms with Gasteiger partial charge in [0, 0.05) is 57.8 Å². The number of fused-ring (bicyclic) bond motifs is 3. The van der Waals surface area contributed by atoms with Crippen molar-refractivity contribution in [1.82, 2.24) is 19.0 Å². The molecule has 37 heavy (non-hydrogen) atoms. The van der Waals surface area contributed by atoms with Crippen molar-refractivity contribution < 1.29 is 4.74 Å². The summed E-state index contributed by atoms with van der Waals surface area (Å²) in [6, 6.07) is 14.1. The molecule has 0 N–H and O–H groups in total. The van der Waals surface area contributed by atoms with E-state index in [9.17, 15) is 4.79 Å². The van der Waals surface area contributed by atoms with E-state index in [1.54, 1.807) is 6.20 Å². The smallest absolute Gasteiger partial charge is 0.205 e. The van der Waals surface area contributed by atoms with Crippen LogP contribution in [-0.4, -0.2) is 46.8 Å². The molecule has 196 valence electrons. The lowest BCUT2D eigenvalue weighted by Gasteiger charge is -2.39. The lowest BCUT2D eigenvalue weighted by atomic mass is 9.92. The van der Waals surface area contributed by atoms with Crippen LogP contribution in [0.25, 0.3) is 21.9 Å². The van der Waals surface area contributed by atoms with Crippen LogP contribution in [0.3, 0.4) is 0 Å².